The molecule has 0 aliphatic heterocycles. The van der Waals surface area contributed by atoms with Crippen LogP contribution in [-0.4, -0.2) is 37.7 Å². The number of halogens is 2. The predicted molar refractivity (Wildman–Crippen MR) is 114 cm³/mol. The van der Waals surface area contributed by atoms with Gasteiger partial charge >= 0.3 is 0 Å². The van der Waals surface area contributed by atoms with Crippen LogP contribution in [0.25, 0.3) is 0 Å². The molecule has 1 aromatic heterocycles. The van der Waals surface area contributed by atoms with Crippen LogP contribution in [0.2, 0.25) is 0 Å². The van der Waals surface area contributed by atoms with Gasteiger partial charge in [-0.05, 0) is 40.9 Å². The topological polar surface area (TPSA) is 117 Å². The number of thiazole rings is 1. The number of sulfonamides is 1. The number of rotatable bonds is 12. The Morgan fingerprint density at radius 1 is 1.29 bits per heavy atom. The fourth-order valence-corrected chi connectivity index (χ4v) is 5.02. The lowest BCUT2D eigenvalue weighted by molar-refractivity contribution is 0.169. The summed E-state index contributed by atoms with van der Waals surface area (Å²) in [4.78, 5) is 3.40. The molecule has 0 radical (unpaired) electrons. The van der Waals surface area contributed by atoms with Crippen LogP contribution in [0.15, 0.2) is 33.1 Å². The van der Waals surface area contributed by atoms with E-state index in [9.17, 15) is 17.9 Å². The summed E-state index contributed by atoms with van der Waals surface area (Å²) in [6, 6.07) is 2.40. The van der Waals surface area contributed by atoms with E-state index in [1.54, 1.807) is 5.38 Å². The van der Waals surface area contributed by atoms with Crippen molar-refractivity contribution in [1.29, 1.82) is 0 Å². The molecular formula is C17H24BrFN4O3S2. The zero-order valence-corrected chi connectivity index (χ0v) is 18.4. The standard InChI is InChI=1S/C17H24BrFN4O3S2/c18-13-9-16(28(25,26)23-17-22-7-8-27-17)14(19)10-15(13)21-6-4-2-1-3-5-12(24)11-20/h7-10,12,21,24H,1-6,11,20H2,(H,22,23)/t12-/m0/s1. The van der Waals surface area contributed by atoms with Crippen molar-refractivity contribution in [2.75, 3.05) is 23.1 Å². The number of benzene rings is 1. The fraction of sp³-hybridized carbons (Fsp3) is 0.471. The number of unbranched alkanes of at least 4 members (excludes halogenated alkanes) is 3. The third kappa shape index (κ3) is 6.96. The summed E-state index contributed by atoms with van der Waals surface area (Å²) in [6.45, 7) is 0.910. The summed E-state index contributed by atoms with van der Waals surface area (Å²) in [5.74, 6) is -0.842. The third-order valence-corrected chi connectivity index (χ3v) is 6.84. The lowest BCUT2D eigenvalue weighted by atomic mass is 10.1. The van der Waals surface area contributed by atoms with Crippen LogP contribution in [0.3, 0.4) is 0 Å². The van der Waals surface area contributed by atoms with Gasteiger partial charge in [-0.2, -0.15) is 0 Å². The second-order valence-corrected chi connectivity index (χ2v) is 9.62. The normalized spacial score (nSPS) is 12.7. The number of aliphatic hydroxyl groups excluding tert-OH is 1. The van der Waals surface area contributed by atoms with Crippen molar-refractivity contribution in [3.63, 3.8) is 0 Å². The van der Waals surface area contributed by atoms with E-state index < -0.39 is 26.8 Å². The number of nitrogens with zero attached hydrogens (tertiary/aromatic N) is 1. The van der Waals surface area contributed by atoms with Gasteiger partial charge in [0.2, 0.25) is 0 Å². The lowest BCUT2D eigenvalue weighted by Gasteiger charge is -2.12. The number of hydrogen-bond donors (Lipinski definition) is 4. The van der Waals surface area contributed by atoms with Gasteiger partial charge in [0, 0.05) is 29.1 Å². The molecule has 0 aliphatic carbocycles. The summed E-state index contributed by atoms with van der Waals surface area (Å²) in [6.07, 6.45) is 5.46. The highest BCUT2D eigenvalue weighted by molar-refractivity contribution is 9.10. The zero-order chi connectivity index (χ0) is 20.6. The summed E-state index contributed by atoms with van der Waals surface area (Å²) in [5, 5.41) is 14.3. The van der Waals surface area contributed by atoms with Crippen molar-refractivity contribution < 1.29 is 17.9 Å². The van der Waals surface area contributed by atoms with Gasteiger partial charge in [-0.1, -0.05) is 19.3 Å². The van der Waals surface area contributed by atoms with Gasteiger partial charge in [-0.15, -0.1) is 11.3 Å². The van der Waals surface area contributed by atoms with Crippen LogP contribution in [0, 0.1) is 5.82 Å². The molecule has 0 bridgehead atoms. The second kappa shape index (κ2) is 11.1. The molecule has 1 heterocycles. The van der Waals surface area contributed by atoms with Crippen LogP contribution in [-0.2, 0) is 10.0 Å². The molecule has 11 heteroatoms. The molecule has 0 unspecified atom stereocenters. The van der Waals surface area contributed by atoms with E-state index in [0.29, 0.717) is 23.1 Å². The van der Waals surface area contributed by atoms with Crippen LogP contribution in [0.4, 0.5) is 15.2 Å². The molecule has 1 atom stereocenters. The van der Waals surface area contributed by atoms with Crippen LogP contribution in [0.5, 0.6) is 0 Å². The molecule has 0 saturated heterocycles. The number of hydrogen-bond acceptors (Lipinski definition) is 7. The lowest BCUT2D eigenvalue weighted by Crippen LogP contribution is -2.19. The Labute approximate surface area is 176 Å². The van der Waals surface area contributed by atoms with E-state index in [-0.39, 0.29) is 11.7 Å². The van der Waals surface area contributed by atoms with E-state index in [0.717, 1.165) is 43.1 Å². The second-order valence-electron chi connectivity index (χ2n) is 6.22. The Morgan fingerprint density at radius 2 is 2.04 bits per heavy atom. The molecular weight excluding hydrogens is 471 g/mol. The molecule has 0 amide bonds. The average Bonchev–Trinajstić information content (AvgIpc) is 3.15. The van der Waals surface area contributed by atoms with E-state index in [1.807, 2.05) is 0 Å². The molecule has 7 nitrogen and oxygen atoms in total. The van der Waals surface area contributed by atoms with Crippen LogP contribution >= 0.6 is 27.3 Å². The first kappa shape index (κ1) is 23.0. The highest BCUT2D eigenvalue weighted by Crippen LogP contribution is 2.30. The van der Waals surface area contributed by atoms with Gasteiger partial charge in [0.1, 0.15) is 10.7 Å². The van der Waals surface area contributed by atoms with E-state index in [4.69, 9.17) is 5.73 Å². The maximum absolute atomic E-state index is 14.4. The number of aliphatic hydroxyl groups is 1. The SMILES string of the molecule is NC[C@@H](O)CCCCCCNc1cc(F)c(S(=O)(=O)Nc2nccs2)cc1Br. The minimum absolute atomic E-state index is 0.178. The third-order valence-electron chi connectivity index (χ3n) is 4.02. The summed E-state index contributed by atoms with van der Waals surface area (Å²) in [5.41, 5.74) is 5.85. The van der Waals surface area contributed by atoms with E-state index in [1.165, 1.54) is 12.3 Å². The molecule has 28 heavy (non-hydrogen) atoms. The van der Waals surface area contributed by atoms with Crippen molar-refractivity contribution in [1.82, 2.24) is 4.98 Å². The summed E-state index contributed by atoms with van der Waals surface area (Å²) < 4.78 is 41.9. The van der Waals surface area contributed by atoms with Gasteiger partial charge in [-0.3, -0.25) is 4.72 Å². The number of anilines is 2. The van der Waals surface area contributed by atoms with Crippen molar-refractivity contribution in [2.45, 2.75) is 43.1 Å². The molecule has 2 aromatic rings. The van der Waals surface area contributed by atoms with Crippen molar-refractivity contribution in [3.8, 4) is 0 Å². The zero-order valence-electron chi connectivity index (χ0n) is 15.2. The number of nitrogens with two attached hydrogens (primary N) is 1. The molecule has 156 valence electrons. The Balaban J connectivity index is 1.87. The molecule has 5 N–H and O–H groups in total. The smallest absolute Gasteiger partial charge is 0.266 e. The minimum Gasteiger partial charge on any atom is -0.392 e. The average molecular weight is 495 g/mol. The molecule has 1 aromatic carbocycles. The van der Waals surface area contributed by atoms with Crippen molar-refractivity contribution >= 4 is 48.1 Å². The quantitative estimate of drug-likeness (QED) is 0.335. The molecule has 0 spiro atoms. The molecule has 2 rings (SSSR count). The molecule has 0 aliphatic rings. The maximum atomic E-state index is 14.4. The highest BCUT2D eigenvalue weighted by atomic mass is 79.9. The predicted octanol–water partition coefficient (Wildman–Crippen LogP) is 3.53. The Hall–Kier alpha value is -1.27. The number of aromatic nitrogens is 1. The van der Waals surface area contributed by atoms with E-state index in [2.05, 4.69) is 31.0 Å². The van der Waals surface area contributed by atoms with Crippen molar-refractivity contribution in [3.05, 3.63) is 34.0 Å². The first-order valence-electron chi connectivity index (χ1n) is 8.87. The Kier molecular flexibility index (Phi) is 9.09. The van der Waals surface area contributed by atoms with Crippen LogP contribution < -0.4 is 15.8 Å². The number of nitrogens with one attached hydrogen (secondary N) is 2. The minimum atomic E-state index is -4.06. The molecule has 0 saturated carbocycles. The van der Waals surface area contributed by atoms with E-state index >= 15 is 0 Å². The van der Waals surface area contributed by atoms with Gasteiger partial charge in [-0.25, -0.2) is 17.8 Å². The Morgan fingerprint density at radius 3 is 2.71 bits per heavy atom. The fourth-order valence-electron chi connectivity index (χ4n) is 2.51. The largest absolute Gasteiger partial charge is 0.392 e. The van der Waals surface area contributed by atoms with Gasteiger partial charge < -0.3 is 16.2 Å². The van der Waals surface area contributed by atoms with Crippen LogP contribution in [0.1, 0.15) is 32.1 Å². The van der Waals surface area contributed by atoms with Gasteiger partial charge in [0.25, 0.3) is 10.0 Å². The first-order chi connectivity index (χ1) is 13.3. The highest BCUT2D eigenvalue weighted by Gasteiger charge is 2.22. The molecule has 0 fully saturated rings. The maximum Gasteiger partial charge on any atom is 0.266 e. The van der Waals surface area contributed by atoms with Gasteiger partial charge in [0.05, 0.1) is 11.8 Å². The summed E-state index contributed by atoms with van der Waals surface area (Å²) in [7, 11) is -4.06. The Bertz CT molecular complexity index is 850. The summed E-state index contributed by atoms with van der Waals surface area (Å²) >= 11 is 4.41. The monoisotopic (exact) mass is 494 g/mol. The first-order valence-corrected chi connectivity index (χ1v) is 12.0. The van der Waals surface area contributed by atoms with Gasteiger partial charge in [0.15, 0.2) is 5.13 Å². The van der Waals surface area contributed by atoms with Crippen molar-refractivity contribution in [2.24, 2.45) is 5.73 Å².